The van der Waals surface area contributed by atoms with Crippen LogP contribution in [0, 0.1) is 0 Å². The van der Waals surface area contributed by atoms with Gasteiger partial charge in [0, 0.05) is 17.6 Å². The summed E-state index contributed by atoms with van der Waals surface area (Å²) in [5.74, 6) is 1.50. The van der Waals surface area contributed by atoms with E-state index in [-0.39, 0.29) is 11.3 Å². The fourth-order valence-corrected chi connectivity index (χ4v) is 4.11. The Morgan fingerprint density at radius 3 is 2.32 bits per heavy atom. The van der Waals surface area contributed by atoms with Gasteiger partial charge in [-0.1, -0.05) is 37.5 Å². The first-order chi connectivity index (χ1) is 13.6. The molecular weight excluding hydrogens is 352 g/mol. The molecule has 28 heavy (non-hydrogen) atoms. The number of methoxy groups -OCH3 is 2. The third kappa shape index (κ3) is 4.58. The number of rotatable bonds is 7. The van der Waals surface area contributed by atoms with Gasteiger partial charge >= 0.3 is 0 Å². The number of nitrogens with one attached hydrogen (secondary N) is 1. The Labute approximate surface area is 167 Å². The molecule has 1 saturated carbocycles. The van der Waals surface area contributed by atoms with E-state index in [1.54, 1.807) is 14.2 Å². The number of carbonyl (C=O) groups excluding carboxylic acids is 1. The van der Waals surface area contributed by atoms with E-state index in [9.17, 15) is 4.79 Å². The van der Waals surface area contributed by atoms with Crippen molar-refractivity contribution in [2.45, 2.75) is 43.9 Å². The lowest BCUT2D eigenvalue weighted by atomic mass is 9.69. The summed E-state index contributed by atoms with van der Waals surface area (Å²) in [6, 6.07) is 13.6. The van der Waals surface area contributed by atoms with Gasteiger partial charge in [0.25, 0.3) is 0 Å². The lowest BCUT2D eigenvalue weighted by Gasteiger charge is -2.38. The van der Waals surface area contributed by atoms with E-state index < -0.39 is 0 Å². The zero-order chi connectivity index (χ0) is 20.0. The lowest BCUT2D eigenvalue weighted by Crippen LogP contribution is -2.42. The number of nitrogens with two attached hydrogens (primary N) is 1. The van der Waals surface area contributed by atoms with Gasteiger partial charge in [0.15, 0.2) is 11.5 Å². The molecule has 2 aromatic rings. The first kappa shape index (κ1) is 20.1. The van der Waals surface area contributed by atoms with Crippen molar-refractivity contribution >= 4 is 11.6 Å². The minimum atomic E-state index is -0.0609. The predicted octanol–water partition coefficient (Wildman–Crippen LogP) is 3.85. The highest BCUT2D eigenvalue weighted by Gasteiger charge is 2.35. The minimum Gasteiger partial charge on any atom is -0.493 e. The van der Waals surface area contributed by atoms with Crippen molar-refractivity contribution in [2.75, 3.05) is 26.5 Å². The molecule has 0 aromatic heterocycles. The maximum absolute atomic E-state index is 12.6. The largest absolute Gasteiger partial charge is 0.493 e. The Balaban J connectivity index is 1.74. The highest BCUT2D eigenvalue weighted by molar-refractivity contribution is 5.78. The Morgan fingerprint density at radius 2 is 1.68 bits per heavy atom. The van der Waals surface area contributed by atoms with E-state index in [1.165, 1.54) is 24.8 Å². The molecule has 5 nitrogen and oxygen atoms in total. The Morgan fingerprint density at radius 1 is 1.00 bits per heavy atom. The van der Waals surface area contributed by atoms with Gasteiger partial charge in [-0.2, -0.15) is 0 Å². The van der Waals surface area contributed by atoms with Crippen LogP contribution in [0.25, 0.3) is 0 Å². The predicted molar refractivity (Wildman–Crippen MR) is 112 cm³/mol. The highest BCUT2D eigenvalue weighted by Crippen LogP contribution is 2.42. The number of ether oxygens (including phenoxy) is 2. The maximum Gasteiger partial charge on any atom is 0.224 e. The summed E-state index contributed by atoms with van der Waals surface area (Å²) in [5, 5.41) is 3.18. The van der Waals surface area contributed by atoms with Crippen molar-refractivity contribution in [3.05, 3.63) is 53.6 Å². The molecule has 0 aliphatic heterocycles. The van der Waals surface area contributed by atoms with Crippen molar-refractivity contribution in [3.8, 4) is 11.5 Å². The third-order valence-corrected chi connectivity index (χ3v) is 5.77. The lowest BCUT2D eigenvalue weighted by molar-refractivity contribution is -0.120. The molecule has 1 amide bonds. The van der Waals surface area contributed by atoms with Crippen molar-refractivity contribution in [1.29, 1.82) is 0 Å². The minimum absolute atomic E-state index is 0.0372. The van der Waals surface area contributed by atoms with E-state index in [0.717, 1.165) is 29.9 Å². The number of carbonyl (C=O) groups is 1. The highest BCUT2D eigenvalue weighted by atomic mass is 16.5. The van der Waals surface area contributed by atoms with E-state index in [0.29, 0.717) is 18.7 Å². The van der Waals surface area contributed by atoms with Crippen LogP contribution in [0.15, 0.2) is 42.5 Å². The zero-order valence-electron chi connectivity index (χ0n) is 16.8. The van der Waals surface area contributed by atoms with Gasteiger partial charge in [-0.15, -0.1) is 0 Å². The normalized spacial score (nSPS) is 15.6. The summed E-state index contributed by atoms with van der Waals surface area (Å²) >= 11 is 0. The molecule has 1 aliphatic rings. The van der Waals surface area contributed by atoms with Crippen LogP contribution in [0.5, 0.6) is 11.5 Å². The standard InChI is InChI=1S/C23H30N2O3/c1-27-20-11-8-18(15-21(20)28-2)23(12-4-3-5-13-23)16-25-22(26)14-17-6-9-19(24)10-7-17/h6-11,15H,3-5,12-14,16,24H2,1-2H3,(H,25,26). The molecule has 0 radical (unpaired) electrons. The molecule has 2 aromatic carbocycles. The quantitative estimate of drug-likeness (QED) is 0.714. The van der Waals surface area contributed by atoms with E-state index in [2.05, 4.69) is 17.4 Å². The van der Waals surface area contributed by atoms with E-state index >= 15 is 0 Å². The molecule has 0 atom stereocenters. The molecule has 150 valence electrons. The second kappa shape index (κ2) is 9.00. The number of hydrogen-bond donors (Lipinski definition) is 2. The van der Waals surface area contributed by atoms with Crippen molar-refractivity contribution in [2.24, 2.45) is 0 Å². The van der Waals surface area contributed by atoms with Gasteiger partial charge in [-0.25, -0.2) is 0 Å². The number of amides is 1. The van der Waals surface area contributed by atoms with Crippen LogP contribution in [-0.2, 0) is 16.6 Å². The van der Waals surface area contributed by atoms with Crippen LogP contribution >= 0.6 is 0 Å². The summed E-state index contributed by atoms with van der Waals surface area (Å²) in [5.41, 5.74) is 8.54. The summed E-state index contributed by atoms with van der Waals surface area (Å²) in [6.07, 6.45) is 6.07. The van der Waals surface area contributed by atoms with Crippen molar-refractivity contribution < 1.29 is 14.3 Å². The summed E-state index contributed by atoms with van der Waals surface area (Å²) in [6.45, 7) is 0.635. The second-order valence-corrected chi connectivity index (χ2v) is 7.61. The van der Waals surface area contributed by atoms with Gasteiger partial charge in [0.1, 0.15) is 0 Å². The smallest absolute Gasteiger partial charge is 0.224 e. The molecule has 3 N–H and O–H groups in total. The maximum atomic E-state index is 12.6. The van der Waals surface area contributed by atoms with Gasteiger partial charge < -0.3 is 20.5 Å². The summed E-state index contributed by atoms with van der Waals surface area (Å²) in [4.78, 5) is 12.6. The topological polar surface area (TPSA) is 73.6 Å². The average molecular weight is 383 g/mol. The third-order valence-electron chi connectivity index (χ3n) is 5.77. The molecule has 0 heterocycles. The van der Waals surface area contributed by atoms with Crippen LogP contribution in [0.1, 0.15) is 43.2 Å². The molecule has 0 unspecified atom stereocenters. The van der Waals surface area contributed by atoms with Gasteiger partial charge in [0.2, 0.25) is 5.91 Å². The molecule has 1 aliphatic carbocycles. The van der Waals surface area contributed by atoms with Crippen LogP contribution in [0.2, 0.25) is 0 Å². The molecule has 3 rings (SSSR count). The monoisotopic (exact) mass is 382 g/mol. The summed E-state index contributed by atoms with van der Waals surface area (Å²) < 4.78 is 10.9. The van der Waals surface area contributed by atoms with Crippen LogP contribution < -0.4 is 20.5 Å². The van der Waals surface area contributed by atoms with E-state index in [1.807, 2.05) is 30.3 Å². The number of anilines is 1. The van der Waals surface area contributed by atoms with Crippen LogP contribution in [0.3, 0.4) is 0 Å². The van der Waals surface area contributed by atoms with Crippen LogP contribution in [-0.4, -0.2) is 26.7 Å². The molecule has 0 saturated heterocycles. The first-order valence-corrected chi connectivity index (χ1v) is 9.90. The van der Waals surface area contributed by atoms with Crippen LogP contribution in [0.4, 0.5) is 5.69 Å². The zero-order valence-corrected chi connectivity index (χ0v) is 16.8. The summed E-state index contributed by atoms with van der Waals surface area (Å²) in [7, 11) is 3.30. The number of hydrogen-bond acceptors (Lipinski definition) is 4. The molecule has 5 heteroatoms. The van der Waals surface area contributed by atoms with Crippen molar-refractivity contribution in [1.82, 2.24) is 5.32 Å². The fourth-order valence-electron chi connectivity index (χ4n) is 4.11. The van der Waals surface area contributed by atoms with Gasteiger partial charge in [-0.05, 0) is 48.2 Å². The SMILES string of the molecule is COc1ccc(C2(CNC(=O)Cc3ccc(N)cc3)CCCCC2)cc1OC. The number of nitrogen functional groups attached to an aromatic ring is 1. The first-order valence-electron chi connectivity index (χ1n) is 9.90. The Hall–Kier alpha value is -2.69. The van der Waals surface area contributed by atoms with Crippen molar-refractivity contribution in [3.63, 3.8) is 0 Å². The van der Waals surface area contributed by atoms with E-state index in [4.69, 9.17) is 15.2 Å². The van der Waals surface area contributed by atoms with Gasteiger partial charge in [-0.3, -0.25) is 4.79 Å². The Bertz CT molecular complexity index is 796. The average Bonchev–Trinajstić information content (AvgIpc) is 2.74. The fraction of sp³-hybridized carbons (Fsp3) is 0.435. The molecular formula is C23H30N2O3. The molecule has 0 bridgehead atoms. The second-order valence-electron chi connectivity index (χ2n) is 7.61. The Kier molecular flexibility index (Phi) is 6.45. The number of benzene rings is 2. The molecule has 1 fully saturated rings. The molecule has 0 spiro atoms. The van der Waals surface area contributed by atoms with Gasteiger partial charge in [0.05, 0.1) is 20.6 Å².